The number of benzene rings is 2. The number of piperazine rings is 1. The second-order valence-electron chi connectivity index (χ2n) is 6.89. The Morgan fingerprint density at radius 1 is 0.793 bits per heavy atom. The van der Waals surface area contributed by atoms with Gasteiger partial charge in [-0.1, -0.05) is 24.3 Å². The zero-order chi connectivity index (χ0) is 20.5. The first kappa shape index (κ1) is 18.8. The molecule has 4 rings (SSSR count). The molecule has 4 amide bonds. The lowest BCUT2D eigenvalue weighted by molar-refractivity contribution is -0.132. The molecular weight excluding hydrogens is 377 g/mol. The van der Waals surface area contributed by atoms with Crippen LogP contribution < -0.4 is 0 Å². The fourth-order valence-electron chi connectivity index (χ4n) is 3.58. The maximum absolute atomic E-state index is 13.8. The van der Waals surface area contributed by atoms with E-state index in [-0.39, 0.29) is 44.2 Å². The van der Waals surface area contributed by atoms with Crippen LogP contribution in [-0.2, 0) is 4.79 Å². The van der Waals surface area contributed by atoms with Gasteiger partial charge in [-0.3, -0.25) is 24.1 Å². The number of fused-ring (bicyclic) bond motifs is 1. The summed E-state index contributed by atoms with van der Waals surface area (Å²) in [6, 6.07) is 12.2. The summed E-state index contributed by atoms with van der Waals surface area (Å²) in [5.41, 5.74) is 0.592. The van der Waals surface area contributed by atoms with Crippen LogP contribution in [0.15, 0.2) is 48.5 Å². The van der Waals surface area contributed by atoms with E-state index in [0.29, 0.717) is 11.1 Å². The number of amides is 4. The van der Waals surface area contributed by atoms with Crippen LogP contribution in [0.25, 0.3) is 0 Å². The molecule has 8 heteroatoms. The van der Waals surface area contributed by atoms with Gasteiger partial charge in [-0.05, 0) is 24.3 Å². The van der Waals surface area contributed by atoms with Gasteiger partial charge >= 0.3 is 0 Å². The van der Waals surface area contributed by atoms with Crippen molar-refractivity contribution in [2.75, 3.05) is 32.7 Å². The SMILES string of the molecule is O=C(CN1C(=O)c2ccccc2C1=O)N1CCN(C(=O)c2ccccc2F)CC1. The third kappa shape index (κ3) is 3.37. The largest absolute Gasteiger partial charge is 0.338 e. The third-order valence-corrected chi connectivity index (χ3v) is 5.20. The zero-order valence-corrected chi connectivity index (χ0v) is 15.5. The van der Waals surface area contributed by atoms with Crippen LogP contribution in [0.3, 0.4) is 0 Å². The summed E-state index contributed by atoms with van der Waals surface area (Å²) in [6.45, 7) is 0.667. The summed E-state index contributed by atoms with van der Waals surface area (Å²) in [5.74, 6) is -2.32. The summed E-state index contributed by atoms with van der Waals surface area (Å²) in [5, 5.41) is 0. The van der Waals surface area contributed by atoms with Gasteiger partial charge in [-0.2, -0.15) is 0 Å². The number of hydrogen-bond donors (Lipinski definition) is 0. The Kier molecular flexibility index (Phi) is 4.84. The molecule has 7 nitrogen and oxygen atoms in total. The molecule has 2 aliphatic rings. The normalized spacial score (nSPS) is 16.2. The number of imide groups is 1. The summed E-state index contributed by atoms with van der Waals surface area (Å²) in [6.07, 6.45) is 0. The molecule has 0 unspecified atom stereocenters. The monoisotopic (exact) mass is 395 g/mol. The van der Waals surface area contributed by atoms with Gasteiger partial charge < -0.3 is 9.80 Å². The molecule has 0 aliphatic carbocycles. The molecule has 0 saturated carbocycles. The fraction of sp³-hybridized carbons (Fsp3) is 0.238. The van der Waals surface area contributed by atoms with Crippen LogP contribution >= 0.6 is 0 Å². The van der Waals surface area contributed by atoms with E-state index in [1.165, 1.54) is 28.0 Å². The van der Waals surface area contributed by atoms with Gasteiger partial charge in [0.2, 0.25) is 5.91 Å². The average Bonchev–Trinajstić information content (AvgIpc) is 2.99. The van der Waals surface area contributed by atoms with Gasteiger partial charge in [0.05, 0.1) is 16.7 Å². The van der Waals surface area contributed by atoms with E-state index in [0.717, 1.165) is 4.90 Å². The van der Waals surface area contributed by atoms with E-state index in [1.54, 1.807) is 30.3 Å². The molecule has 0 aromatic heterocycles. The molecule has 2 aromatic carbocycles. The highest BCUT2D eigenvalue weighted by Gasteiger charge is 2.37. The van der Waals surface area contributed by atoms with E-state index < -0.39 is 23.5 Å². The van der Waals surface area contributed by atoms with Crippen molar-refractivity contribution in [1.29, 1.82) is 0 Å². The van der Waals surface area contributed by atoms with E-state index in [2.05, 4.69) is 0 Å². The first-order chi connectivity index (χ1) is 14.0. The lowest BCUT2D eigenvalue weighted by Gasteiger charge is -2.35. The standard InChI is InChI=1S/C21H18FN3O4/c22-17-8-4-3-7-16(17)19(27)24-11-9-23(10-12-24)18(26)13-25-20(28)14-5-1-2-6-15(14)21(25)29/h1-8H,9-13H2. The first-order valence-corrected chi connectivity index (χ1v) is 9.24. The molecule has 2 aliphatic heterocycles. The maximum Gasteiger partial charge on any atom is 0.262 e. The van der Waals surface area contributed by atoms with Crippen LogP contribution in [0, 0.1) is 5.82 Å². The molecule has 0 N–H and O–H groups in total. The van der Waals surface area contributed by atoms with Crippen molar-refractivity contribution in [2.24, 2.45) is 0 Å². The lowest BCUT2D eigenvalue weighted by Crippen LogP contribution is -2.53. The Labute approximate surface area is 166 Å². The van der Waals surface area contributed by atoms with Gasteiger partial charge in [0.25, 0.3) is 17.7 Å². The smallest absolute Gasteiger partial charge is 0.262 e. The maximum atomic E-state index is 13.8. The van der Waals surface area contributed by atoms with Crippen LogP contribution in [0.5, 0.6) is 0 Å². The van der Waals surface area contributed by atoms with Crippen LogP contribution in [0.4, 0.5) is 4.39 Å². The number of hydrogen-bond acceptors (Lipinski definition) is 4. The predicted molar refractivity (Wildman–Crippen MR) is 101 cm³/mol. The topological polar surface area (TPSA) is 78.0 Å². The molecule has 0 bridgehead atoms. The van der Waals surface area contributed by atoms with E-state index >= 15 is 0 Å². The lowest BCUT2D eigenvalue weighted by atomic mass is 10.1. The van der Waals surface area contributed by atoms with Gasteiger partial charge in [-0.25, -0.2) is 4.39 Å². The van der Waals surface area contributed by atoms with E-state index in [1.807, 2.05) is 0 Å². The molecule has 29 heavy (non-hydrogen) atoms. The van der Waals surface area contributed by atoms with E-state index in [4.69, 9.17) is 0 Å². The molecule has 0 spiro atoms. The molecular formula is C21H18FN3O4. The minimum atomic E-state index is -0.582. The van der Waals surface area contributed by atoms with Gasteiger partial charge in [0.1, 0.15) is 12.4 Å². The van der Waals surface area contributed by atoms with Crippen molar-refractivity contribution in [2.45, 2.75) is 0 Å². The Morgan fingerprint density at radius 3 is 1.90 bits per heavy atom. The average molecular weight is 395 g/mol. The molecule has 2 aromatic rings. The molecule has 148 valence electrons. The van der Waals surface area contributed by atoms with Crippen molar-refractivity contribution in [1.82, 2.24) is 14.7 Å². The van der Waals surface area contributed by atoms with Crippen LogP contribution in [0.2, 0.25) is 0 Å². The van der Waals surface area contributed by atoms with Crippen LogP contribution in [-0.4, -0.2) is 71.1 Å². The van der Waals surface area contributed by atoms with E-state index in [9.17, 15) is 23.6 Å². The Morgan fingerprint density at radius 2 is 1.31 bits per heavy atom. The second kappa shape index (κ2) is 7.46. The van der Waals surface area contributed by atoms with Gasteiger partial charge in [0, 0.05) is 26.2 Å². The number of carbonyl (C=O) groups excluding carboxylic acids is 4. The summed E-state index contributed by atoms with van der Waals surface area (Å²) in [7, 11) is 0. The molecule has 0 radical (unpaired) electrons. The van der Waals surface area contributed by atoms with Crippen molar-refractivity contribution in [3.8, 4) is 0 Å². The fourth-order valence-corrected chi connectivity index (χ4v) is 3.58. The van der Waals surface area contributed by atoms with Crippen molar-refractivity contribution >= 4 is 23.6 Å². The molecule has 1 fully saturated rings. The summed E-state index contributed by atoms with van der Waals surface area (Å²) in [4.78, 5) is 53.8. The van der Waals surface area contributed by atoms with Gasteiger partial charge in [0.15, 0.2) is 0 Å². The minimum Gasteiger partial charge on any atom is -0.338 e. The summed E-state index contributed by atoms with van der Waals surface area (Å²) < 4.78 is 13.8. The minimum absolute atomic E-state index is 0.00157. The zero-order valence-electron chi connectivity index (χ0n) is 15.5. The number of halogens is 1. The number of carbonyl (C=O) groups is 4. The highest BCUT2D eigenvalue weighted by molar-refractivity contribution is 6.22. The highest BCUT2D eigenvalue weighted by Crippen LogP contribution is 2.22. The highest BCUT2D eigenvalue weighted by atomic mass is 19.1. The van der Waals surface area contributed by atoms with Crippen molar-refractivity contribution in [3.05, 3.63) is 71.0 Å². The summed E-state index contributed by atoms with van der Waals surface area (Å²) >= 11 is 0. The third-order valence-electron chi connectivity index (χ3n) is 5.20. The predicted octanol–water partition coefficient (Wildman–Crippen LogP) is 1.41. The van der Waals surface area contributed by atoms with Gasteiger partial charge in [-0.15, -0.1) is 0 Å². The molecule has 2 heterocycles. The number of rotatable bonds is 3. The quantitative estimate of drug-likeness (QED) is 0.737. The van der Waals surface area contributed by atoms with Crippen molar-refractivity contribution in [3.63, 3.8) is 0 Å². The molecule has 0 atom stereocenters. The first-order valence-electron chi connectivity index (χ1n) is 9.24. The molecule has 1 saturated heterocycles. The Balaban J connectivity index is 1.37. The second-order valence-corrected chi connectivity index (χ2v) is 6.89. The number of nitrogens with zero attached hydrogens (tertiary/aromatic N) is 3. The Bertz CT molecular complexity index is 979. The van der Waals surface area contributed by atoms with Crippen LogP contribution in [0.1, 0.15) is 31.1 Å². The Hall–Kier alpha value is -3.55. The van der Waals surface area contributed by atoms with Crippen molar-refractivity contribution < 1.29 is 23.6 Å².